The molecule has 1 fully saturated rings. The van der Waals surface area contributed by atoms with Gasteiger partial charge >= 0.3 is 0 Å². The fourth-order valence-electron chi connectivity index (χ4n) is 5.23. The van der Waals surface area contributed by atoms with Crippen LogP contribution in [0.15, 0.2) is 63.5 Å². The van der Waals surface area contributed by atoms with Crippen LogP contribution in [0.2, 0.25) is 0 Å². The lowest BCUT2D eigenvalue weighted by Crippen LogP contribution is -2.38. The van der Waals surface area contributed by atoms with Gasteiger partial charge in [-0.3, -0.25) is 19.2 Å². The zero-order chi connectivity index (χ0) is 28.5. The number of thiophene rings is 1. The molecule has 1 heterocycles. The van der Waals surface area contributed by atoms with E-state index in [9.17, 15) is 19.2 Å². The van der Waals surface area contributed by atoms with Gasteiger partial charge < -0.3 is 0 Å². The maximum atomic E-state index is 12.2. The largest absolute Gasteiger partial charge is 0.299 e. The number of hydrogen-bond donors (Lipinski definition) is 0. The summed E-state index contributed by atoms with van der Waals surface area (Å²) in [5.41, 5.74) is 2.48. The second-order valence-electron chi connectivity index (χ2n) is 12.0. The number of halogens is 2. The lowest BCUT2D eigenvalue weighted by atomic mass is 9.70. The van der Waals surface area contributed by atoms with Crippen molar-refractivity contribution < 1.29 is 19.2 Å². The Bertz CT molecular complexity index is 1430. The quantitative estimate of drug-likeness (QED) is 0.205. The maximum Gasteiger partial charge on any atom is 0.164 e. The number of fused-ring (bicyclic) bond motifs is 1. The summed E-state index contributed by atoms with van der Waals surface area (Å²) in [5, 5.41) is 0. The number of rotatable bonds is 4. The van der Waals surface area contributed by atoms with E-state index < -0.39 is 5.92 Å². The van der Waals surface area contributed by atoms with Crippen molar-refractivity contribution in [2.45, 2.75) is 59.8 Å². The first-order chi connectivity index (χ1) is 18.2. The summed E-state index contributed by atoms with van der Waals surface area (Å²) >= 11 is 8.57. The molecule has 0 spiro atoms. The number of Topliss-reactive ketones (excluding diaryl/α,β-unsaturated/α-hetero) is 4. The highest BCUT2D eigenvalue weighted by atomic mass is 79.9. The van der Waals surface area contributed by atoms with E-state index in [2.05, 4.69) is 63.9 Å². The lowest BCUT2D eigenvalue weighted by Gasteiger charge is -2.31. The van der Waals surface area contributed by atoms with E-state index in [1.165, 1.54) is 15.3 Å². The van der Waals surface area contributed by atoms with Crippen LogP contribution in [0, 0.1) is 16.7 Å². The molecule has 1 saturated carbocycles. The fraction of sp³-hybridized carbons (Fsp3) is 0.375. The Morgan fingerprint density at radius 1 is 0.821 bits per heavy atom. The minimum Gasteiger partial charge on any atom is -0.299 e. The van der Waals surface area contributed by atoms with Crippen molar-refractivity contribution in [2.24, 2.45) is 16.7 Å². The summed E-state index contributed by atoms with van der Waals surface area (Å²) < 4.78 is 1.88. The van der Waals surface area contributed by atoms with Gasteiger partial charge in [0, 0.05) is 55.5 Å². The van der Waals surface area contributed by atoms with Crippen LogP contribution in [0.4, 0.5) is 0 Å². The average molecular weight is 672 g/mol. The maximum absolute atomic E-state index is 12.2. The van der Waals surface area contributed by atoms with Gasteiger partial charge in [-0.2, -0.15) is 0 Å². The highest BCUT2D eigenvalue weighted by Crippen LogP contribution is 2.42. The van der Waals surface area contributed by atoms with Crippen molar-refractivity contribution in [1.82, 2.24) is 0 Å². The molecule has 7 heteroatoms. The molecule has 0 unspecified atom stereocenters. The van der Waals surface area contributed by atoms with Gasteiger partial charge in [0.2, 0.25) is 0 Å². The Balaban J connectivity index is 0.000000181. The average Bonchev–Trinajstić information content (AvgIpc) is 3.24. The van der Waals surface area contributed by atoms with Crippen molar-refractivity contribution in [2.75, 3.05) is 0 Å². The minimum atomic E-state index is -0.755. The molecule has 2 aliphatic carbocycles. The summed E-state index contributed by atoms with van der Waals surface area (Å²) in [5.74, 6) is -0.819. The Morgan fingerprint density at radius 2 is 1.41 bits per heavy atom. The van der Waals surface area contributed by atoms with E-state index in [4.69, 9.17) is 0 Å². The molecule has 5 rings (SSSR count). The molecule has 0 saturated heterocycles. The second kappa shape index (κ2) is 11.7. The summed E-state index contributed by atoms with van der Waals surface area (Å²) in [6.07, 6.45) is 2.40. The molecular formula is C32H32Br2O4S. The van der Waals surface area contributed by atoms with Gasteiger partial charge in [0.05, 0.1) is 5.92 Å². The first-order valence-corrected chi connectivity index (χ1v) is 15.4. The molecule has 39 heavy (non-hydrogen) atoms. The molecule has 2 aliphatic rings. The zero-order valence-electron chi connectivity index (χ0n) is 22.6. The first kappa shape index (κ1) is 29.8. The van der Waals surface area contributed by atoms with E-state index in [0.29, 0.717) is 30.6 Å². The predicted molar refractivity (Wildman–Crippen MR) is 163 cm³/mol. The Morgan fingerprint density at radius 3 is 2.03 bits per heavy atom. The number of carbonyl (C=O) groups excluding carboxylic acids is 4. The third kappa shape index (κ3) is 7.50. The molecule has 0 aliphatic heterocycles. The van der Waals surface area contributed by atoms with Gasteiger partial charge in [-0.25, -0.2) is 0 Å². The van der Waals surface area contributed by atoms with Crippen LogP contribution < -0.4 is 0 Å². The third-order valence-corrected chi connectivity index (χ3v) is 9.29. The van der Waals surface area contributed by atoms with Gasteiger partial charge in [-0.05, 0) is 53.1 Å². The Hall–Kier alpha value is -2.22. The van der Waals surface area contributed by atoms with Crippen LogP contribution in [0.1, 0.15) is 79.0 Å². The summed E-state index contributed by atoms with van der Waals surface area (Å²) in [7, 11) is 0. The van der Waals surface area contributed by atoms with Gasteiger partial charge in [-0.1, -0.05) is 83.8 Å². The topological polar surface area (TPSA) is 68.3 Å². The summed E-state index contributed by atoms with van der Waals surface area (Å²) in [6.45, 7) is 8.17. The van der Waals surface area contributed by atoms with Gasteiger partial charge in [-0.15, -0.1) is 11.3 Å². The van der Waals surface area contributed by atoms with E-state index in [0.717, 1.165) is 20.9 Å². The molecule has 4 nitrogen and oxygen atoms in total. The lowest BCUT2D eigenvalue weighted by molar-refractivity contribution is -0.139. The summed E-state index contributed by atoms with van der Waals surface area (Å²) in [4.78, 5) is 51.0. The number of carbonyl (C=O) groups is 4. The molecule has 0 N–H and O–H groups in total. The monoisotopic (exact) mass is 670 g/mol. The number of benzene rings is 2. The third-order valence-electron chi connectivity index (χ3n) is 7.12. The highest BCUT2D eigenvalue weighted by Gasteiger charge is 2.40. The van der Waals surface area contributed by atoms with E-state index in [-0.39, 0.29) is 34.6 Å². The van der Waals surface area contributed by atoms with Gasteiger partial charge in [0.15, 0.2) is 11.6 Å². The molecule has 1 aromatic heterocycles. The molecule has 2 aromatic carbocycles. The van der Waals surface area contributed by atoms with Crippen LogP contribution in [0.3, 0.4) is 0 Å². The number of hydrogen-bond acceptors (Lipinski definition) is 5. The van der Waals surface area contributed by atoms with E-state index in [1.807, 2.05) is 32.0 Å². The van der Waals surface area contributed by atoms with Crippen LogP contribution in [0.5, 0.6) is 0 Å². The van der Waals surface area contributed by atoms with Crippen LogP contribution >= 0.6 is 43.2 Å². The van der Waals surface area contributed by atoms with E-state index >= 15 is 0 Å². The Kier molecular flexibility index (Phi) is 8.94. The van der Waals surface area contributed by atoms with Crippen molar-refractivity contribution in [3.63, 3.8) is 0 Å². The van der Waals surface area contributed by atoms with Crippen LogP contribution in [-0.4, -0.2) is 23.1 Å². The molecule has 3 aromatic rings. The molecule has 0 atom stereocenters. The molecule has 204 valence electrons. The van der Waals surface area contributed by atoms with E-state index in [1.54, 1.807) is 29.5 Å². The zero-order valence-corrected chi connectivity index (χ0v) is 26.6. The molecule has 0 bridgehead atoms. The first-order valence-electron chi connectivity index (χ1n) is 13.0. The Labute approximate surface area is 250 Å². The smallest absolute Gasteiger partial charge is 0.164 e. The van der Waals surface area contributed by atoms with Gasteiger partial charge in [0.25, 0.3) is 0 Å². The SMILES string of the molecule is CC1(C)CC(=O)C(CC(=O)c2cccc(Br)c2)C(=O)C1.CC1(C)CC(=O)c2cc(-c3cccc(Br)c3)sc2C1. The molecule has 0 radical (unpaired) electrons. The fourth-order valence-corrected chi connectivity index (χ4v) is 7.46. The second-order valence-corrected chi connectivity index (χ2v) is 15.0. The van der Waals surface area contributed by atoms with Crippen LogP contribution in [-0.2, 0) is 16.0 Å². The van der Waals surface area contributed by atoms with Crippen molar-refractivity contribution in [1.29, 1.82) is 0 Å². The van der Waals surface area contributed by atoms with Crippen molar-refractivity contribution >= 4 is 66.3 Å². The van der Waals surface area contributed by atoms with Crippen LogP contribution in [0.25, 0.3) is 10.4 Å². The summed E-state index contributed by atoms with van der Waals surface area (Å²) in [6, 6.07) is 17.3. The predicted octanol–water partition coefficient (Wildman–Crippen LogP) is 8.93. The normalized spacial score (nSPS) is 18.3. The highest BCUT2D eigenvalue weighted by molar-refractivity contribution is 9.10. The van der Waals surface area contributed by atoms with Crippen molar-refractivity contribution in [3.05, 3.63) is 79.5 Å². The van der Waals surface area contributed by atoms with Crippen molar-refractivity contribution in [3.8, 4) is 10.4 Å². The standard InChI is InChI=1S/C16H17BrO3.C16H15BrOS/c1-16(2)8-14(19)12(15(20)9-16)7-13(18)10-4-3-5-11(17)6-10;1-16(2)8-13(18)12-7-14(19-15(12)9-16)10-4-3-5-11(17)6-10/h3-6,12H,7-9H2,1-2H3;3-7H,8-9H2,1-2H3. The van der Waals surface area contributed by atoms with Gasteiger partial charge in [0.1, 0.15) is 11.6 Å². The number of ketones is 4. The minimum absolute atomic E-state index is 0.00972. The molecule has 0 amide bonds. The molecular weight excluding hydrogens is 640 g/mol.